The minimum absolute atomic E-state index is 0.0208. The number of hydrogen-bond acceptors (Lipinski definition) is 2. The van der Waals surface area contributed by atoms with Gasteiger partial charge in [-0.3, -0.25) is 0 Å². The van der Waals surface area contributed by atoms with Crippen LogP contribution in [0, 0.1) is 5.21 Å². The van der Waals surface area contributed by atoms with E-state index in [0.717, 1.165) is 11.2 Å². The van der Waals surface area contributed by atoms with E-state index in [1.54, 1.807) is 6.21 Å². The highest BCUT2D eigenvalue weighted by Gasteiger charge is 2.24. The van der Waals surface area contributed by atoms with Crippen LogP contribution in [-0.2, 0) is 4.74 Å². The average Bonchev–Trinajstić information content (AvgIpc) is 2.10. The van der Waals surface area contributed by atoms with Crippen molar-refractivity contribution in [3.63, 3.8) is 0 Å². The van der Waals surface area contributed by atoms with Gasteiger partial charge in [0.15, 0.2) is 12.8 Å². The summed E-state index contributed by atoms with van der Waals surface area (Å²) in [6.07, 6.45) is 2.44. The molecule has 1 aliphatic heterocycles. The van der Waals surface area contributed by atoms with Gasteiger partial charge >= 0.3 is 0 Å². The molecule has 0 spiro atoms. The first-order chi connectivity index (χ1) is 4.97. The summed E-state index contributed by atoms with van der Waals surface area (Å²) in [4.78, 5) is 0. The second kappa shape index (κ2) is 2.81. The Morgan fingerprint density at radius 1 is 1.55 bits per heavy atom. The minimum atomic E-state index is -0.146. The third-order valence-corrected chi connectivity index (χ3v) is 1.47. The fraction of sp³-hybridized carbons (Fsp3) is 0.875. The summed E-state index contributed by atoms with van der Waals surface area (Å²) in [5.41, 5.74) is -0.146. The van der Waals surface area contributed by atoms with Crippen molar-refractivity contribution in [3.8, 4) is 0 Å². The molecule has 0 aromatic carbocycles. The Bertz CT molecular complexity index is 169. The quantitative estimate of drug-likeness (QED) is 0.423. The molecule has 1 aliphatic rings. The van der Waals surface area contributed by atoms with E-state index in [4.69, 9.17) is 4.74 Å². The van der Waals surface area contributed by atoms with Crippen LogP contribution in [0.25, 0.3) is 0 Å². The predicted molar refractivity (Wildman–Crippen MR) is 43.8 cm³/mol. The smallest absolute Gasteiger partial charge is 0.180 e. The SMILES string of the molecule is CC(C)(C)O[C@@H]1C=[N+]([O-])CC1. The van der Waals surface area contributed by atoms with E-state index in [2.05, 4.69) is 0 Å². The largest absolute Gasteiger partial charge is 0.624 e. The van der Waals surface area contributed by atoms with Crippen molar-refractivity contribution in [2.45, 2.75) is 38.9 Å². The van der Waals surface area contributed by atoms with Gasteiger partial charge in [0.05, 0.1) is 5.60 Å². The lowest BCUT2D eigenvalue weighted by molar-refractivity contribution is -0.443. The van der Waals surface area contributed by atoms with Crippen LogP contribution in [0.4, 0.5) is 0 Å². The average molecular weight is 157 g/mol. The maximum Gasteiger partial charge on any atom is 0.180 e. The fourth-order valence-electron chi connectivity index (χ4n) is 1.13. The molecule has 1 rings (SSSR count). The number of hydroxylamine groups is 1. The second-order valence-corrected chi connectivity index (χ2v) is 3.85. The van der Waals surface area contributed by atoms with E-state index in [1.165, 1.54) is 0 Å². The fourth-order valence-corrected chi connectivity index (χ4v) is 1.13. The zero-order chi connectivity index (χ0) is 8.48. The maximum absolute atomic E-state index is 10.7. The molecular weight excluding hydrogens is 142 g/mol. The summed E-state index contributed by atoms with van der Waals surface area (Å²) >= 11 is 0. The van der Waals surface area contributed by atoms with Crippen LogP contribution in [0.1, 0.15) is 27.2 Å². The van der Waals surface area contributed by atoms with Crippen LogP contribution in [0.2, 0.25) is 0 Å². The van der Waals surface area contributed by atoms with Crippen molar-refractivity contribution in [2.75, 3.05) is 6.54 Å². The van der Waals surface area contributed by atoms with Crippen molar-refractivity contribution in [1.82, 2.24) is 0 Å². The van der Waals surface area contributed by atoms with Gasteiger partial charge < -0.3 is 9.94 Å². The number of rotatable bonds is 1. The third kappa shape index (κ3) is 2.89. The topological polar surface area (TPSA) is 35.3 Å². The summed E-state index contributed by atoms with van der Waals surface area (Å²) in [6.45, 7) is 6.55. The summed E-state index contributed by atoms with van der Waals surface area (Å²) in [7, 11) is 0. The Morgan fingerprint density at radius 2 is 2.18 bits per heavy atom. The van der Waals surface area contributed by atoms with Crippen molar-refractivity contribution in [1.29, 1.82) is 0 Å². The van der Waals surface area contributed by atoms with E-state index in [1.807, 2.05) is 20.8 Å². The molecule has 3 nitrogen and oxygen atoms in total. The lowest BCUT2D eigenvalue weighted by atomic mass is 10.2. The van der Waals surface area contributed by atoms with E-state index in [-0.39, 0.29) is 11.7 Å². The van der Waals surface area contributed by atoms with Crippen molar-refractivity contribution < 1.29 is 9.48 Å². The van der Waals surface area contributed by atoms with Gasteiger partial charge in [-0.05, 0) is 20.8 Å². The van der Waals surface area contributed by atoms with Gasteiger partial charge in [-0.1, -0.05) is 0 Å². The Labute approximate surface area is 67.3 Å². The molecule has 3 heteroatoms. The normalized spacial score (nSPS) is 25.4. The summed E-state index contributed by atoms with van der Waals surface area (Å²) in [5, 5.41) is 10.7. The van der Waals surface area contributed by atoms with Gasteiger partial charge in [0.25, 0.3) is 0 Å². The monoisotopic (exact) mass is 157 g/mol. The Kier molecular flexibility index (Phi) is 2.18. The van der Waals surface area contributed by atoms with Gasteiger partial charge in [0.1, 0.15) is 6.10 Å². The van der Waals surface area contributed by atoms with Gasteiger partial charge in [0.2, 0.25) is 0 Å². The van der Waals surface area contributed by atoms with Gasteiger partial charge in [-0.25, -0.2) is 4.74 Å². The molecule has 0 saturated carbocycles. The molecule has 0 bridgehead atoms. The molecular formula is C8H15NO2. The van der Waals surface area contributed by atoms with Gasteiger partial charge in [-0.15, -0.1) is 0 Å². The van der Waals surface area contributed by atoms with Crippen LogP contribution in [0.5, 0.6) is 0 Å². The van der Waals surface area contributed by atoms with Crippen molar-refractivity contribution >= 4 is 6.21 Å². The predicted octanol–water partition coefficient (Wildman–Crippen LogP) is 1.15. The molecule has 0 N–H and O–H groups in total. The number of nitrogens with zero attached hydrogens (tertiary/aromatic N) is 1. The van der Waals surface area contributed by atoms with E-state index in [9.17, 15) is 5.21 Å². The molecule has 0 aromatic heterocycles. The third-order valence-electron chi connectivity index (χ3n) is 1.47. The molecule has 1 atom stereocenters. The molecule has 0 unspecified atom stereocenters. The van der Waals surface area contributed by atoms with Crippen LogP contribution >= 0.6 is 0 Å². The molecule has 1 heterocycles. The molecule has 64 valence electrons. The minimum Gasteiger partial charge on any atom is -0.624 e. The van der Waals surface area contributed by atoms with Crippen LogP contribution in [-0.4, -0.2) is 29.2 Å². The van der Waals surface area contributed by atoms with E-state index < -0.39 is 0 Å². The number of ether oxygens (including phenoxy) is 1. The highest BCUT2D eigenvalue weighted by atomic mass is 16.5. The summed E-state index contributed by atoms with van der Waals surface area (Å²) in [6, 6.07) is 0. The van der Waals surface area contributed by atoms with Gasteiger partial charge in [-0.2, -0.15) is 0 Å². The number of hydrogen-bond donors (Lipinski definition) is 0. The first-order valence-corrected chi connectivity index (χ1v) is 3.94. The van der Waals surface area contributed by atoms with E-state index in [0.29, 0.717) is 6.54 Å². The van der Waals surface area contributed by atoms with Crippen LogP contribution in [0.3, 0.4) is 0 Å². The Balaban J connectivity index is 2.40. The van der Waals surface area contributed by atoms with Gasteiger partial charge in [0, 0.05) is 6.42 Å². The molecule has 0 aliphatic carbocycles. The molecule has 0 saturated heterocycles. The van der Waals surface area contributed by atoms with Crippen LogP contribution in [0.15, 0.2) is 0 Å². The first kappa shape index (κ1) is 8.53. The Hall–Kier alpha value is -0.570. The highest BCUT2D eigenvalue weighted by Crippen LogP contribution is 2.14. The Morgan fingerprint density at radius 3 is 2.55 bits per heavy atom. The summed E-state index contributed by atoms with van der Waals surface area (Å²) < 4.78 is 6.51. The zero-order valence-corrected chi connectivity index (χ0v) is 7.33. The summed E-state index contributed by atoms with van der Waals surface area (Å²) in [5.74, 6) is 0. The van der Waals surface area contributed by atoms with E-state index >= 15 is 0 Å². The molecule has 11 heavy (non-hydrogen) atoms. The second-order valence-electron chi connectivity index (χ2n) is 3.85. The van der Waals surface area contributed by atoms with Crippen molar-refractivity contribution in [3.05, 3.63) is 5.21 Å². The maximum atomic E-state index is 10.7. The molecule has 0 fully saturated rings. The lowest BCUT2D eigenvalue weighted by Crippen LogP contribution is -2.27. The van der Waals surface area contributed by atoms with Crippen molar-refractivity contribution in [2.24, 2.45) is 0 Å². The highest BCUT2D eigenvalue weighted by molar-refractivity contribution is 5.59. The standard InChI is InChI=1S/C8H15NO2/c1-8(2,3)11-7-4-5-9(10)6-7/h6-7H,4-5H2,1-3H3/t7-/m0/s1. The molecule has 0 aromatic rings. The zero-order valence-electron chi connectivity index (χ0n) is 7.33. The lowest BCUT2D eigenvalue weighted by Gasteiger charge is -2.21. The first-order valence-electron chi connectivity index (χ1n) is 3.94. The van der Waals surface area contributed by atoms with Crippen LogP contribution < -0.4 is 0 Å². The molecule has 0 radical (unpaired) electrons. The molecule has 0 amide bonds.